The van der Waals surface area contributed by atoms with E-state index in [1.165, 1.54) is 12.1 Å². The number of hydrogen-bond donors (Lipinski definition) is 1. The van der Waals surface area contributed by atoms with Crippen LogP contribution in [0.4, 0.5) is 4.39 Å². The summed E-state index contributed by atoms with van der Waals surface area (Å²) in [6.07, 6.45) is 0.523. The Morgan fingerprint density at radius 2 is 2.25 bits per heavy atom. The van der Waals surface area contributed by atoms with E-state index in [4.69, 9.17) is 0 Å². The van der Waals surface area contributed by atoms with E-state index in [9.17, 15) is 9.50 Å². The van der Waals surface area contributed by atoms with Gasteiger partial charge in [0.15, 0.2) is 0 Å². The third-order valence-corrected chi connectivity index (χ3v) is 2.36. The van der Waals surface area contributed by atoms with Gasteiger partial charge in [-0.25, -0.2) is 4.39 Å². The van der Waals surface area contributed by atoms with E-state index in [2.05, 4.69) is 22.5 Å². The Labute approximate surface area is 78.7 Å². The third kappa shape index (κ3) is 1.73. The zero-order chi connectivity index (χ0) is 9.14. The molecule has 0 aliphatic carbocycles. The molecule has 1 nitrogen and oxygen atoms in total. The molecule has 1 atom stereocenters. The lowest BCUT2D eigenvalue weighted by molar-refractivity contribution is 0.227. The second-order valence-corrected chi connectivity index (χ2v) is 3.12. The van der Waals surface area contributed by atoms with E-state index in [0.29, 0.717) is 5.56 Å². The smallest absolute Gasteiger partial charge is 0.137 e. The largest absolute Gasteiger partial charge is 0.384 e. The van der Waals surface area contributed by atoms with E-state index < -0.39 is 6.10 Å². The van der Waals surface area contributed by atoms with Crippen molar-refractivity contribution >= 4 is 15.9 Å². The highest BCUT2D eigenvalue weighted by Gasteiger charge is 2.09. The van der Waals surface area contributed by atoms with Crippen LogP contribution in [0.1, 0.15) is 11.7 Å². The lowest BCUT2D eigenvalue weighted by Gasteiger charge is -2.07. The minimum absolute atomic E-state index is 0.289. The van der Waals surface area contributed by atoms with Gasteiger partial charge in [0.25, 0.3) is 0 Å². The summed E-state index contributed by atoms with van der Waals surface area (Å²) >= 11 is 3.04. The zero-order valence-corrected chi connectivity index (χ0v) is 7.88. The van der Waals surface area contributed by atoms with Crippen molar-refractivity contribution in [2.45, 2.75) is 6.10 Å². The molecule has 1 unspecified atom stereocenters. The van der Waals surface area contributed by atoms with Crippen molar-refractivity contribution in [3.8, 4) is 0 Å². The third-order valence-electron chi connectivity index (χ3n) is 1.52. The first-order valence-corrected chi connectivity index (χ1v) is 4.20. The van der Waals surface area contributed by atoms with Crippen molar-refractivity contribution in [3.63, 3.8) is 0 Å². The molecule has 0 aliphatic heterocycles. The summed E-state index contributed by atoms with van der Waals surface area (Å²) in [5, 5.41) is 9.32. The molecule has 1 rings (SSSR count). The first-order chi connectivity index (χ1) is 5.66. The van der Waals surface area contributed by atoms with Crippen LogP contribution in [0.2, 0.25) is 0 Å². The van der Waals surface area contributed by atoms with Crippen molar-refractivity contribution < 1.29 is 9.50 Å². The normalized spacial score (nSPS) is 12.6. The van der Waals surface area contributed by atoms with Crippen LogP contribution < -0.4 is 0 Å². The summed E-state index contributed by atoms with van der Waals surface area (Å²) in [5.74, 6) is -0.381. The molecule has 3 heteroatoms. The maximum atomic E-state index is 12.9. The number of benzene rings is 1. The summed E-state index contributed by atoms with van der Waals surface area (Å²) in [7, 11) is 0. The number of hydrogen-bond acceptors (Lipinski definition) is 1. The summed E-state index contributed by atoms with van der Waals surface area (Å²) in [4.78, 5) is 0. The monoisotopic (exact) mass is 230 g/mol. The lowest BCUT2D eigenvalue weighted by Crippen LogP contribution is -1.95. The SMILES string of the molecule is C=CC(O)c1cccc(F)c1Br. The van der Waals surface area contributed by atoms with Gasteiger partial charge in [0.2, 0.25) is 0 Å². The molecule has 1 aromatic carbocycles. The van der Waals surface area contributed by atoms with Crippen LogP contribution in [0.15, 0.2) is 35.3 Å². The second kappa shape index (κ2) is 3.83. The molecular formula is C9H8BrFO. The molecule has 0 aliphatic rings. The van der Waals surface area contributed by atoms with Gasteiger partial charge in [-0.2, -0.15) is 0 Å². The summed E-state index contributed by atoms with van der Waals surface area (Å²) in [6, 6.07) is 4.51. The first-order valence-electron chi connectivity index (χ1n) is 3.41. The maximum absolute atomic E-state index is 12.9. The molecule has 0 fully saturated rings. The van der Waals surface area contributed by atoms with Crippen LogP contribution >= 0.6 is 15.9 Å². The van der Waals surface area contributed by atoms with Crippen LogP contribution in [0.25, 0.3) is 0 Å². The van der Waals surface area contributed by atoms with Gasteiger partial charge in [-0.3, -0.25) is 0 Å². The first kappa shape index (κ1) is 9.42. The fourth-order valence-electron chi connectivity index (χ4n) is 0.876. The van der Waals surface area contributed by atoms with Crippen LogP contribution in [0.3, 0.4) is 0 Å². The Morgan fingerprint density at radius 3 is 2.83 bits per heavy atom. The van der Waals surface area contributed by atoms with Crippen molar-refractivity contribution in [1.29, 1.82) is 0 Å². The van der Waals surface area contributed by atoms with Gasteiger partial charge < -0.3 is 5.11 Å². The van der Waals surface area contributed by atoms with E-state index in [1.54, 1.807) is 12.1 Å². The van der Waals surface area contributed by atoms with Gasteiger partial charge in [0, 0.05) is 5.56 Å². The molecule has 0 amide bonds. The molecule has 0 saturated heterocycles. The average Bonchev–Trinajstić information content (AvgIpc) is 2.08. The molecule has 0 bridgehead atoms. The number of halogens is 2. The van der Waals surface area contributed by atoms with E-state index in [0.717, 1.165) is 0 Å². The number of aliphatic hydroxyl groups excluding tert-OH is 1. The molecule has 64 valence electrons. The average molecular weight is 231 g/mol. The van der Waals surface area contributed by atoms with Gasteiger partial charge in [0.1, 0.15) is 5.82 Å². The summed E-state index contributed by atoms with van der Waals surface area (Å²) in [6.45, 7) is 3.41. The van der Waals surface area contributed by atoms with Gasteiger partial charge in [0.05, 0.1) is 10.6 Å². The molecule has 1 N–H and O–H groups in total. The van der Waals surface area contributed by atoms with E-state index >= 15 is 0 Å². The summed E-state index contributed by atoms with van der Waals surface area (Å²) in [5.41, 5.74) is 0.491. The Kier molecular flexibility index (Phi) is 3.00. The van der Waals surface area contributed by atoms with Crippen LogP contribution in [0.5, 0.6) is 0 Å². The Hall–Kier alpha value is -0.670. The fourth-order valence-corrected chi connectivity index (χ4v) is 1.37. The lowest BCUT2D eigenvalue weighted by atomic mass is 10.1. The quantitative estimate of drug-likeness (QED) is 0.776. The predicted molar refractivity (Wildman–Crippen MR) is 49.3 cm³/mol. The molecule has 12 heavy (non-hydrogen) atoms. The van der Waals surface area contributed by atoms with E-state index in [1.807, 2.05) is 0 Å². The highest BCUT2D eigenvalue weighted by atomic mass is 79.9. The van der Waals surface area contributed by atoms with Crippen molar-refractivity contribution in [2.24, 2.45) is 0 Å². The molecule has 1 aromatic rings. The van der Waals surface area contributed by atoms with Crippen molar-refractivity contribution in [1.82, 2.24) is 0 Å². The molecule has 0 aromatic heterocycles. The molecule has 0 heterocycles. The Morgan fingerprint density at radius 1 is 1.58 bits per heavy atom. The van der Waals surface area contributed by atoms with Gasteiger partial charge in [-0.05, 0) is 22.0 Å². The van der Waals surface area contributed by atoms with Crippen molar-refractivity contribution in [3.05, 3.63) is 46.7 Å². The Balaban J connectivity index is 3.15. The van der Waals surface area contributed by atoms with Gasteiger partial charge in [-0.15, -0.1) is 6.58 Å². The summed E-state index contributed by atoms with van der Waals surface area (Å²) < 4.78 is 13.2. The highest BCUT2D eigenvalue weighted by Crippen LogP contribution is 2.26. The predicted octanol–water partition coefficient (Wildman–Crippen LogP) is 2.81. The number of rotatable bonds is 2. The van der Waals surface area contributed by atoms with Crippen LogP contribution in [-0.2, 0) is 0 Å². The fraction of sp³-hybridized carbons (Fsp3) is 0.111. The van der Waals surface area contributed by atoms with E-state index in [-0.39, 0.29) is 10.3 Å². The maximum Gasteiger partial charge on any atom is 0.137 e. The second-order valence-electron chi connectivity index (χ2n) is 2.32. The van der Waals surface area contributed by atoms with Gasteiger partial charge in [-0.1, -0.05) is 18.2 Å². The minimum atomic E-state index is -0.824. The number of aliphatic hydroxyl groups is 1. The van der Waals surface area contributed by atoms with Gasteiger partial charge >= 0.3 is 0 Å². The minimum Gasteiger partial charge on any atom is -0.384 e. The standard InChI is InChI=1S/C9H8BrFO/c1-2-8(12)6-4-3-5-7(11)9(6)10/h2-5,8,12H,1H2. The Bertz CT molecular complexity index is 299. The van der Waals surface area contributed by atoms with Crippen LogP contribution in [0, 0.1) is 5.82 Å². The molecule has 0 spiro atoms. The molecule has 0 radical (unpaired) electrons. The zero-order valence-electron chi connectivity index (χ0n) is 6.30. The van der Waals surface area contributed by atoms with Crippen LogP contribution in [-0.4, -0.2) is 5.11 Å². The molecular weight excluding hydrogens is 223 g/mol. The highest BCUT2D eigenvalue weighted by molar-refractivity contribution is 9.10. The van der Waals surface area contributed by atoms with Crippen molar-refractivity contribution in [2.75, 3.05) is 0 Å². The molecule has 0 saturated carbocycles. The topological polar surface area (TPSA) is 20.2 Å².